The lowest BCUT2D eigenvalue weighted by Crippen LogP contribution is -2.28. The number of nitrogens with one attached hydrogen (secondary N) is 1. The largest absolute Gasteiger partial charge is 0.377 e. The molecule has 0 aromatic heterocycles. The highest BCUT2D eigenvalue weighted by molar-refractivity contribution is 6.42. The van der Waals surface area contributed by atoms with E-state index >= 15 is 0 Å². The zero-order chi connectivity index (χ0) is 14.7. The molecule has 0 radical (unpaired) electrons. The van der Waals surface area contributed by atoms with E-state index in [1.54, 1.807) is 6.07 Å². The number of nitro benzene ring substituents is 1. The minimum atomic E-state index is -0.432. The third kappa shape index (κ3) is 3.55. The summed E-state index contributed by atoms with van der Waals surface area (Å²) in [5.41, 5.74) is 0.421. The van der Waals surface area contributed by atoms with Gasteiger partial charge in [0.25, 0.3) is 5.69 Å². The van der Waals surface area contributed by atoms with E-state index in [0.717, 1.165) is 0 Å². The number of nitro groups is 1. The molecule has 4 nitrogen and oxygen atoms in total. The summed E-state index contributed by atoms with van der Waals surface area (Å²) >= 11 is 11.8. The quantitative estimate of drug-likeness (QED) is 0.607. The molecule has 1 aromatic carbocycles. The van der Waals surface area contributed by atoms with Gasteiger partial charge in [-0.1, -0.05) is 42.5 Å². The Labute approximate surface area is 128 Å². The van der Waals surface area contributed by atoms with Crippen LogP contribution in [-0.4, -0.2) is 11.0 Å². The van der Waals surface area contributed by atoms with E-state index in [-0.39, 0.29) is 16.8 Å². The third-order valence-electron chi connectivity index (χ3n) is 3.98. The minimum Gasteiger partial charge on any atom is -0.377 e. The topological polar surface area (TPSA) is 55.2 Å². The molecule has 0 saturated heterocycles. The Morgan fingerprint density at radius 1 is 1.25 bits per heavy atom. The van der Waals surface area contributed by atoms with Crippen LogP contribution in [0.5, 0.6) is 0 Å². The normalized spacial score (nSPS) is 17.8. The van der Waals surface area contributed by atoms with Gasteiger partial charge in [0.05, 0.1) is 15.0 Å². The number of anilines is 1. The van der Waals surface area contributed by atoms with Gasteiger partial charge in [-0.3, -0.25) is 10.1 Å². The fourth-order valence-corrected chi connectivity index (χ4v) is 3.12. The average Bonchev–Trinajstić information content (AvgIpc) is 2.43. The molecule has 1 atom stereocenters. The molecule has 1 N–H and O–H groups in total. The number of benzene rings is 1. The molecular weight excluding hydrogens is 299 g/mol. The second kappa shape index (κ2) is 6.64. The average molecular weight is 317 g/mol. The number of hydrogen-bond acceptors (Lipinski definition) is 3. The van der Waals surface area contributed by atoms with Gasteiger partial charge in [0.1, 0.15) is 5.69 Å². The Bertz CT molecular complexity index is 502. The standard InChI is InChI=1S/C14H18Cl2N2O2/c1-9(10-5-3-2-4-6-10)17-13-7-11(15)12(16)8-14(13)18(19)20/h7-10,17H,2-6H2,1H3. The summed E-state index contributed by atoms with van der Waals surface area (Å²) < 4.78 is 0. The molecule has 1 unspecified atom stereocenters. The number of nitrogens with zero attached hydrogens (tertiary/aromatic N) is 1. The lowest BCUT2D eigenvalue weighted by molar-refractivity contribution is -0.384. The van der Waals surface area contributed by atoms with E-state index in [2.05, 4.69) is 12.2 Å². The van der Waals surface area contributed by atoms with Crippen molar-refractivity contribution in [2.75, 3.05) is 5.32 Å². The van der Waals surface area contributed by atoms with Crippen LogP contribution < -0.4 is 5.32 Å². The molecule has 1 aliphatic carbocycles. The number of halogens is 2. The van der Waals surface area contributed by atoms with Crippen molar-refractivity contribution in [3.63, 3.8) is 0 Å². The summed E-state index contributed by atoms with van der Waals surface area (Å²) in [5, 5.41) is 14.9. The molecule has 0 aliphatic heterocycles. The van der Waals surface area contributed by atoms with E-state index < -0.39 is 4.92 Å². The van der Waals surface area contributed by atoms with Gasteiger partial charge in [-0.05, 0) is 31.7 Å². The van der Waals surface area contributed by atoms with Crippen molar-refractivity contribution in [1.29, 1.82) is 0 Å². The molecule has 0 bridgehead atoms. The van der Waals surface area contributed by atoms with Crippen LogP contribution in [0.4, 0.5) is 11.4 Å². The lowest BCUT2D eigenvalue weighted by Gasteiger charge is -2.28. The highest BCUT2D eigenvalue weighted by Gasteiger charge is 2.23. The highest BCUT2D eigenvalue weighted by Crippen LogP contribution is 2.36. The molecule has 6 heteroatoms. The molecule has 0 spiro atoms. The van der Waals surface area contributed by atoms with E-state index in [9.17, 15) is 10.1 Å². The Kier molecular flexibility index (Phi) is 5.11. The summed E-state index contributed by atoms with van der Waals surface area (Å²) in [6.45, 7) is 2.07. The molecule has 20 heavy (non-hydrogen) atoms. The first-order valence-electron chi connectivity index (χ1n) is 6.89. The van der Waals surface area contributed by atoms with Crippen molar-refractivity contribution in [2.24, 2.45) is 5.92 Å². The molecule has 0 heterocycles. The lowest BCUT2D eigenvalue weighted by atomic mass is 9.84. The number of rotatable bonds is 4. The summed E-state index contributed by atoms with van der Waals surface area (Å²) in [6, 6.07) is 3.03. The predicted molar refractivity (Wildman–Crippen MR) is 82.8 cm³/mol. The first-order valence-corrected chi connectivity index (χ1v) is 7.64. The van der Waals surface area contributed by atoms with E-state index in [1.807, 2.05) is 0 Å². The fraction of sp³-hybridized carbons (Fsp3) is 0.571. The van der Waals surface area contributed by atoms with E-state index in [0.29, 0.717) is 16.6 Å². The minimum absolute atomic E-state index is 0.0259. The Hall–Kier alpha value is -1.00. The summed E-state index contributed by atoms with van der Waals surface area (Å²) in [4.78, 5) is 10.7. The van der Waals surface area contributed by atoms with Gasteiger partial charge in [0, 0.05) is 12.1 Å². The maximum absolute atomic E-state index is 11.1. The molecule has 2 rings (SSSR count). The van der Waals surface area contributed by atoms with Crippen LogP contribution in [0.1, 0.15) is 39.0 Å². The van der Waals surface area contributed by atoms with Gasteiger partial charge in [-0.25, -0.2) is 0 Å². The second-order valence-corrected chi connectivity index (χ2v) is 6.19. The maximum Gasteiger partial charge on any atom is 0.293 e. The Balaban J connectivity index is 2.19. The fourth-order valence-electron chi connectivity index (χ4n) is 2.80. The van der Waals surface area contributed by atoms with Crippen molar-refractivity contribution >= 4 is 34.6 Å². The first kappa shape index (κ1) is 15.4. The monoisotopic (exact) mass is 316 g/mol. The van der Waals surface area contributed by atoms with Crippen molar-refractivity contribution in [3.8, 4) is 0 Å². The smallest absolute Gasteiger partial charge is 0.293 e. The highest BCUT2D eigenvalue weighted by atomic mass is 35.5. The molecule has 1 aromatic rings. The van der Waals surface area contributed by atoms with E-state index in [4.69, 9.17) is 23.2 Å². The van der Waals surface area contributed by atoms with Crippen LogP contribution in [0.25, 0.3) is 0 Å². The van der Waals surface area contributed by atoms with E-state index in [1.165, 1.54) is 38.2 Å². The van der Waals surface area contributed by atoms with Gasteiger partial charge in [0.2, 0.25) is 0 Å². The molecule has 1 fully saturated rings. The molecular formula is C14H18Cl2N2O2. The number of hydrogen-bond donors (Lipinski definition) is 1. The first-order chi connectivity index (χ1) is 9.49. The van der Waals surface area contributed by atoms with Crippen molar-refractivity contribution in [2.45, 2.75) is 45.1 Å². The summed E-state index contributed by atoms with van der Waals surface area (Å²) in [7, 11) is 0. The van der Waals surface area contributed by atoms with Gasteiger partial charge >= 0.3 is 0 Å². The molecule has 1 aliphatic rings. The van der Waals surface area contributed by atoms with Gasteiger partial charge in [-0.2, -0.15) is 0 Å². The molecule has 110 valence electrons. The summed E-state index contributed by atoms with van der Waals surface area (Å²) in [5.74, 6) is 0.554. The van der Waals surface area contributed by atoms with Crippen molar-refractivity contribution in [3.05, 3.63) is 32.3 Å². The predicted octanol–water partition coefficient (Wildman–Crippen LogP) is 5.28. The molecule has 1 saturated carbocycles. The van der Waals surface area contributed by atoms with Gasteiger partial charge < -0.3 is 5.32 Å². The zero-order valence-corrected chi connectivity index (χ0v) is 12.9. The van der Waals surface area contributed by atoms with Crippen molar-refractivity contribution in [1.82, 2.24) is 0 Å². The SMILES string of the molecule is CC(Nc1cc(Cl)c(Cl)cc1[N+](=O)[O-])C1CCCCC1. The second-order valence-electron chi connectivity index (χ2n) is 5.37. The van der Waals surface area contributed by atoms with Crippen LogP contribution in [0.2, 0.25) is 10.0 Å². The van der Waals surface area contributed by atoms with Gasteiger partial charge in [-0.15, -0.1) is 0 Å². The van der Waals surface area contributed by atoms with Crippen LogP contribution in [-0.2, 0) is 0 Å². The Morgan fingerprint density at radius 2 is 1.85 bits per heavy atom. The molecule has 0 amide bonds. The van der Waals surface area contributed by atoms with Crippen LogP contribution in [0.3, 0.4) is 0 Å². The zero-order valence-electron chi connectivity index (χ0n) is 11.4. The third-order valence-corrected chi connectivity index (χ3v) is 4.70. The Morgan fingerprint density at radius 3 is 2.45 bits per heavy atom. The maximum atomic E-state index is 11.1. The van der Waals surface area contributed by atoms with Crippen LogP contribution >= 0.6 is 23.2 Å². The van der Waals surface area contributed by atoms with Crippen molar-refractivity contribution < 1.29 is 4.92 Å². The van der Waals surface area contributed by atoms with Gasteiger partial charge in [0.15, 0.2) is 0 Å². The van der Waals surface area contributed by atoms with Crippen LogP contribution in [0, 0.1) is 16.0 Å². The van der Waals surface area contributed by atoms with Crippen LogP contribution in [0.15, 0.2) is 12.1 Å². The summed E-state index contributed by atoms with van der Waals surface area (Å²) in [6.07, 6.45) is 6.10.